The number of fused-ring (bicyclic) bond motifs is 1. The Labute approximate surface area is 179 Å². The zero-order valence-corrected chi connectivity index (χ0v) is 17.8. The second kappa shape index (κ2) is 7.17. The summed E-state index contributed by atoms with van der Waals surface area (Å²) in [7, 11) is -3.08. The van der Waals surface area contributed by atoms with Crippen LogP contribution in [0.5, 0.6) is 0 Å². The SMILES string of the molecule is Cc1nn(C2CCS(=O)(=O)C2)c2nc(C3CC3)cc(C(=O)Nc3ccc(C#N)cc3)c12. The molecule has 1 aliphatic heterocycles. The first-order valence-electron chi connectivity index (χ1n) is 10.3. The highest BCUT2D eigenvalue weighted by Crippen LogP contribution is 2.41. The van der Waals surface area contributed by atoms with Crippen molar-refractivity contribution in [2.75, 3.05) is 16.8 Å². The van der Waals surface area contributed by atoms with E-state index in [2.05, 4.69) is 16.5 Å². The summed E-state index contributed by atoms with van der Waals surface area (Å²) in [5.74, 6) is 0.236. The average Bonchev–Trinajstić information content (AvgIpc) is 3.47. The van der Waals surface area contributed by atoms with Crippen LogP contribution in [-0.4, -0.2) is 40.6 Å². The van der Waals surface area contributed by atoms with Crippen LogP contribution in [0.25, 0.3) is 11.0 Å². The Balaban J connectivity index is 1.58. The highest BCUT2D eigenvalue weighted by Gasteiger charge is 2.34. The number of carbonyl (C=O) groups excluding carboxylic acids is 1. The molecule has 3 aromatic rings. The number of sulfone groups is 1. The maximum atomic E-state index is 13.2. The molecule has 0 spiro atoms. The predicted molar refractivity (Wildman–Crippen MR) is 116 cm³/mol. The molecule has 2 aromatic heterocycles. The van der Waals surface area contributed by atoms with E-state index < -0.39 is 9.84 Å². The van der Waals surface area contributed by atoms with E-state index >= 15 is 0 Å². The predicted octanol–water partition coefficient (Wildman–Crippen LogP) is 3.10. The lowest BCUT2D eigenvalue weighted by molar-refractivity contribution is 0.102. The molecule has 2 aliphatic rings. The fourth-order valence-electron chi connectivity index (χ4n) is 4.15. The monoisotopic (exact) mass is 435 g/mol. The molecule has 0 radical (unpaired) electrons. The Bertz CT molecular complexity index is 1350. The average molecular weight is 436 g/mol. The van der Waals surface area contributed by atoms with Gasteiger partial charge in [0.2, 0.25) is 0 Å². The van der Waals surface area contributed by atoms with E-state index in [4.69, 9.17) is 10.2 Å². The first kappa shape index (κ1) is 19.7. The molecule has 1 amide bonds. The van der Waals surface area contributed by atoms with Gasteiger partial charge in [0.05, 0.1) is 45.8 Å². The summed E-state index contributed by atoms with van der Waals surface area (Å²) in [6, 6.07) is 10.3. The van der Waals surface area contributed by atoms with Crippen molar-refractivity contribution in [3.8, 4) is 6.07 Å². The molecule has 1 unspecified atom stereocenters. The minimum atomic E-state index is -3.08. The first-order valence-corrected chi connectivity index (χ1v) is 12.1. The molecule has 1 N–H and O–H groups in total. The topological polar surface area (TPSA) is 118 Å². The summed E-state index contributed by atoms with van der Waals surface area (Å²) < 4.78 is 25.7. The van der Waals surface area contributed by atoms with Gasteiger partial charge in [-0.3, -0.25) is 4.79 Å². The van der Waals surface area contributed by atoms with Crippen LogP contribution in [-0.2, 0) is 9.84 Å². The Hall–Kier alpha value is -3.25. The maximum Gasteiger partial charge on any atom is 0.256 e. The van der Waals surface area contributed by atoms with Gasteiger partial charge in [-0.15, -0.1) is 0 Å². The normalized spacial score (nSPS) is 19.9. The molecule has 1 atom stereocenters. The lowest BCUT2D eigenvalue weighted by Crippen LogP contribution is -2.15. The van der Waals surface area contributed by atoms with Gasteiger partial charge in [-0.2, -0.15) is 10.4 Å². The number of nitriles is 1. The zero-order chi connectivity index (χ0) is 21.8. The molecule has 1 aromatic carbocycles. The first-order chi connectivity index (χ1) is 14.8. The third-order valence-corrected chi connectivity index (χ3v) is 7.67. The number of benzene rings is 1. The Morgan fingerprint density at radius 1 is 1.23 bits per heavy atom. The van der Waals surface area contributed by atoms with Crippen molar-refractivity contribution < 1.29 is 13.2 Å². The van der Waals surface area contributed by atoms with Gasteiger partial charge in [0.1, 0.15) is 0 Å². The molecule has 5 rings (SSSR count). The number of hydrogen-bond acceptors (Lipinski definition) is 6. The largest absolute Gasteiger partial charge is 0.322 e. The van der Waals surface area contributed by atoms with Gasteiger partial charge in [-0.05, 0) is 56.5 Å². The molecule has 1 saturated carbocycles. The van der Waals surface area contributed by atoms with Gasteiger partial charge >= 0.3 is 0 Å². The summed E-state index contributed by atoms with van der Waals surface area (Å²) in [6.45, 7) is 1.82. The van der Waals surface area contributed by atoms with Gasteiger partial charge < -0.3 is 5.32 Å². The Morgan fingerprint density at radius 3 is 2.58 bits per heavy atom. The van der Waals surface area contributed by atoms with Crippen molar-refractivity contribution in [3.05, 3.63) is 52.8 Å². The molecule has 0 bridgehead atoms. The lowest BCUT2D eigenvalue weighted by atomic mass is 10.1. The van der Waals surface area contributed by atoms with Gasteiger partial charge in [-0.25, -0.2) is 18.1 Å². The third kappa shape index (κ3) is 3.68. The molecule has 2 fully saturated rings. The van der Waals surface area contributed by atoms with Crippen LogP contribution in [0.1, 0.15) is 58.5 Å². The molecule has 31 heavy (non-hydrogen) atoms. The van der Waals surface area contributed by atoms with Crippen molar-refractivity contribution in [3.63, 3.8) is 0 Å². The van der Waals surface area contributed by atoms with Crippen LogP contribution in [0, 0.1) is 18.3 Å². The number of rotatable bonds is 4. The molecule has 158 valence electrons. The summed E-state index contributed by atoms with van der Waals surface area (Å²) in [5, 5.41) is 17.1. The van der Waals surface area contributed by atoms with Crippen LogP contribution in [0.4, 0.5) is 5.69 Å². The van der Waals surface area contributed by atoms with Crippen LogP contribution < -0.4 is 5.32 Å². The minimum Gasteiger partial charge on any atom is -0.322 e. The highest BCUT2D eigenvalue weighted by molar-refractivity contribution is 7.91. The Morgan fingerprint density at radius 2 is 1.97 bits per heavy atom. The number of amides is 1. The second-order valence-corrected chi connectivity index (χ2v) is 10.5. The van der Waals surface area contributed by atoms with Crippen molar-refractivity contribution in [1.82, 2.24) is 14.8 Å². The minimum absolute atomic E-state index is 0.0470. The van der Waals surface area contributed by atoms with Gasteiger partial charge in [0, 0.05) is 17.3 Å². The van der Waals surface area contributed by atoms with E-state index in [1.54, 1.807) is 28.9 Å². The van der Waals surface area contributed by atoms with Crippen LogP contribution in [0.2, 0.25) is 0 Å². The van der Waals surface area contributed by atoms with Crippen LogP contribution >= 0.6 is 0 Å². The summed E-state index contributed by atoms with van der Waals surface area (Å²) in [6.07, 6.45) is 2.56. The molecular weight excluding hydrogens is 414 g/mol. The number of anilines is 1. The fraction of sp³-hybridized carbons (Fsp3) is 0.364. The number of aromatic nitrogens is 3. The van der Waals surface area contributed by atoms with E-state index in [-0.39, 0.29) is 23.5 Å². The molecule has 1 saturated heterocycles. The van der Waals surface area contributed by atoms with Gasteiger partial charge in [0.15, 0.2) is 15.5 Å². The van der Waals surface area contributed by atoms with E-state index in [1.165, 1.54) is 0 Å². The number of pyridine rings is 1. The van der Waals surface area contributed by atoms with Crippen molar-refractivity contribution in [2.45, 2.75) is 38.1 Å². The van der Waals surface area contributed by atoms with Crippen LogP contribution in [0.3, 0.4) is 0 Å². The molecular formula is C22H21N5O3S. The van der Waals surface area contributed by atoms with Gasteiger partial charge in [-0.1, -0.05) is 0 Å². The second-order valence-electron chi connectivity index (χ2n) is 8.30. The van der Waals surface area contributed by atoms with E-state index in [0.29, 0.717) is 45.9 Å². The highest BCUT2D eigenvalue weighted by atomic mass is 32.2. The lowest BCUT2D eigenvalue weighted by Gasteiger charge is -2.12. The van der Waals surface area contributed by atoms with Gasteiger partial charge in [0.25, 0.3) is 5.91 Å². The van der Waals surface area contributed by atoms with Crippen molar-refractivity contribution >= 4 is 32.5 Å². The fourth-order valence-corrected chi connectivity index (χ4v) is 5.84. The van der Waals surface area contributed by atoms with Crippen molar-refractivity contribution in [1.29, 1.82) is 5.26 Å². The molecule has 3 heterocycles. The summed E-state index contributed by atoms with van der Waals surface area (Å²) >= 11 is 0. The Kier molecular flexibility index (Phi) is 4.55. The number of aryl methyl sites for hydroxylation is 1. The van der Waals surface area contributed by atoms with E-state index in [0.717, 1.165) is 18.5 Å². The molecule has 8 nitrogen and oxygen atoms in total. The smallest absolute Gasteiger partial charge is 0.256 e. The van der Waals surface area contributed by atoms with Crippen molar-refractivity contribution in [2.24, 2.45) is 0 Å². The summed E-state index contributed by atoms with van der Waals surface area (Å²) in [5.41, 5.74) is 3.67. The van der Waals surface area contributed by atoms with E-state index in [1.807, 2.05) is 13.0 Å². The van der Waals surface area contributed by atoms with E-state index in [9.17, 15) is 13.2 Å². The number of nitrogens with zero attached hydrogens (tertiary/aromatic N) is 4. The maximum absolute atomic E-state index is 13.2. The standard InChI is InChI=1S/C22H21N5O3S/c1-13-20-18(22(28)24-16-6-2-14(11-23)3-7-16)10-19(15-4-5-15)25-21(20)27(26-13)17-8-9-31(29,30)12-17/h2-3,6-7,10,15,17H,4-5,8-9,12H2,1H3,(H,24,28). The van der Waals surface area contributed by atoms with Crippen LogP contribution in [0.15, 0.2) is 30.3 Å². The molecule has 1 aliphatic carbocycles. The zero-order valence-electron chi connectivity index (χ0n) is 17.0. The number of hydrogen-bond donors (Lipinski definition) is 1. The third-order valence-electron chi connectivity index (χ3n) is 5.92. The quantitative estimate of drug-likeness (QED) is 0.673. The number of nitrogens with one attached hydrogen (secondary N) is 1. The summed E-state index contributed by atoms with van der Waals surface area (Å²) in [4.78, 5) is 18.0. The molecule has 9 heteroatoms. The number of carbonyl (C=O) groups is 1.